The average molecular weight is 260 g/mol. The van der Waals surface area contributed by atoms with Crippen LogP contribution in [0.4, 0.5) is 5.69 Å². The lowest BCUT2D eigenvalue weighted by Crippen LogP contribution is -2.10. The summed E-state index contributed by atoms with van der Waals surface area (Å²) in [5.41, 5.74) is 4.79. The lowest BCUT2D eigenvalue weighted by molar-refractivity contribution is 1.00. The number of halogens is 1. The molecule has 0 N–H and O–H groups in total. The van der Waals surface area contributed by atoms with Crippen molar-refractivity contribution in [3.8, 4) is 0 Å². The Bertz CT molecular complexity index is 523. The topological polar surface area (TPSA) is 12.4 Å². The Labute approximate surface area is 97.4 Å². The Balaban J connectivity index is 2.27. The first-order chi connectivity index (χ1) is 7.27. The van der Waals surface area contributed by atoms with E-state index in [1.54, 1.807) is 0 Å². The molecule has 1 unspecified atom stereocenters. The van der Waals surface area contributed by atoms with Gasteiger partial charge in [0.15, 0.2) is 0 Å². The van der Waals surface area contributed by atoms with E-state index in [1.165, 1.54) is 16.8 Å². The van der Waals surface area contributed by atoms with Crippen LogP contribution in [-0.4, -0.2) is 5.71 Å². The van der Waals surface area contributed by atoms with Crippen LogP contribution in [0.1, 0.15) is 12.5 Å². The van der Waals surface area contributed by atoms with E-state index in [0.717, 1.165) is 10.2 Å². The normalized spacial score (nSPS) is 21.9. The number of aliphatic imine (C=N–C) groups is 1. The van der Waals surface area contributed by atoms with Gasteiger partial charge in [0.25, 0.3) is 0 Å². The van der Waals surface area contributed by atoms with Gasteiger partial charge >= 0.3 is 0 Å². The van der Waals surface area contributed by atoms with Crippen LogP contribution in [0.15, 0.2) is 45.9 Å². The van der Waals surface area contributed by atoms with Crippen molar-refractivity contribution >= 4 is 32.9 Å². The Hall–Kier alpha value is -1.15. The first kappa shape index (κ1) is 9.10. The summed E-state index contributed by atoms with van der Waals surface area (Å²) in [7, 11) is 0. The summed E-state index contributed by atoms with van der Waals surface area (Å²) in [5, 5.41) is 0. The number of rotatable bonds is 0. The molecule has 1 nitrogen and oxygen atoms in total. The van der Waals surface area contributed by atoms with E-state index in [1.807, 2.05) is 6.07 Å². The van der Waals surface area contributed by atoms with Gasteiger partial charge in [-0.25, -0.2) is 0 Å². The molecule has 0 bridgehead atoms. The monoisotopic (exact) mass is 259 g/mol. The first-order valence-corrected chi connectivity index (χ1v) is 5.83. The van der Waals surface area contributed by atoms with Crippen molar-refractivity contribution in [3.63, 3.8) is 0 Å². The van der Waals surface area contributed by atoms with Crippen molar-refractivity contribution in [2.75, 3.05) is 0 Å². The number of nitrogens with zero attached hydrogens (tertiary/aromatic N) is 1. The number of fused-ring (bicyclic) bond motifs is 3. The van der Waals surface area contributed by atoms with Crippen LogP contribution in [0.25, 0.3) is 5.57 Å². The fourth-order valence-corrected chi connectivity index (χ4v) is 2.69. The molecule has 0 radical (unpaired) electrons. The molecule has 74 valence electrons. The van der Waals surface area contributed by atoms with Crippen LogP contribution in [0.2, 0.25) is 0 Å². The van der Waals surface area contributed by atoms with E-state index in [4.69, 9.17) is 0 Å². The van der Waals surface area contributed by atoms with Gasteiger partial charge in [-0.2, -0.15) is 0 Å². The fraction of sp³-hybridized carbons (Fsp3) is 0.154. The largest absolute Gasteiger partial charge is 0.252 e. The van der Waals surface area contributed by atoms with E-state index in [9.17, 15) is 0 Å². The van der Waals surface area contributed by atoms with E-state index in [-0.39, 0.29) is 0 Å². The van der Waals surface area contributed by atoms with E-state index in [2.05, 4.69) is 58.2 Å². The molecule has 0 aromatic heterocycles. The molecule has 15 heavy (non-hydrogen) atoms. The minimum Gasteiger partial charge on any atom is -0.252 e. The zero-order chi connectivity index (χ0) is 10.4. The summed E-state index contributed by atoms with van der Waals surface area (Å²) in [4.78, 5) is 4.68. The van der Waals surface area contributed by atoms with E-state index >= 15 is 0 Å². The van der Waals surface area contributed by atoms with Crippen LogP contribution in [-0.2, 0) is 0 Å². The lowest BCUT2D eigenvalue weighted by atomic mass is 9.91. The maximum Gasteiger partial charge on any atom is 0.0723 e. The van der Waals surface area contributed by atoms with Crippen LogP contribution in [0, 0.1) is 5.92 Å². The zero-order valence-electron chi connectivity index (χ0n) is 8.37. The van der Waals surface area contributed by atoms with Crippen LogP contribution in [0.5, 0.6) is 0 Å². The van der Waals surface area contributed by atoms with Crippen molar-refractivity contribution in [3.05, 3.63) is 46.5 Å². The summed E-state index contributed by atoms with van der Waals surface area (Å²) in [6, 6.07) is 6.17. The highest BCUT2D eigenvalue weighted by Gasteiger charge is 2.26. The van der Waals surface area contributed by atoms with Crippen LogP contribution in [0.3, 0.4) is 0 Å². The minimum atomic E-state index is 0.421. The van der Waals surface area contributed by atoms with Gasteiger partial charge in [-0.3, -0.25) is 4.99 Å². The molecule has 0 saturated heterocycles. The predicted octanol–water partition coefficient (Wildman–Crippen LogP) is 4.12. The molecule has 1 aliphatic heterocycles. The van der Waals surface area contributed by atoms with Crippen molar-refractivity contribution < 1.29 is 0 Å². The van der Waals surface area contributed by atoms with Gasteiger partial charge in [0, 0.05) is 21.5 Å². The molecule has 2 heteroatoms. The molecular formula is C13H10BrN. The number of hydrogen-bond donors (Lipinski definition) is 0. The Morgan fingerprint density at radius 3 is 3.07 bits per heavy atom. The number of benzene rings is 1. The first-order valence-electron chi connectivity index (χ1n) is 5.03. The molecule has 0 spiro atoms. The van der Waals surface area contributed by atoms with Gasteiger partial charge in [-0.05, 0) is 12.1 Å². The van der Waals surface area contributed by atoms with Gasteiger partial charge in [0.05, 0.1) is 11.4 Å². The van der Waals surface area contributed by atoms with Crippen LogP contribution < -0.4 is 0 Å². The number of allylic oxidation sites excluding steroid dienone is 4. The highest BCUT2D eigenvalue weighted by atomic mass is 79.9. The third-order valence-corrected chi connectivity index (χ3v) is 3.53. The van der Waals surface area contributed by atoms with E-state index < -0.39 is 0 Å². The molecule has 1 aliphatic carbocycles. The second-order valence-corrected chi connectivity index (χ2v) is 4.74. The summed E-state index contributed by atoms with van der Waals surface area (Å²) in [5.74, 6) is 0.421. The van der Waals surface area contributed by atoms with Crippen molar-refractivity contribution in [1.29, 1.82) is 0 Å². The van der Waals surface area contributed by atoms with Gasteiger partial charge < -0.3 is 0 Å². The van der Waals surface area contributed by atoms with Crippen molar-refractivity contribution in [2.24, 2.45) is 10.9 Å². The quantitative estimate of drug-likeness (QED) is 0.665. The maximum atomic E-state index is 4.68. The fourth-order valence-electron chi connectivity index (χ4n) is 2.12. The second kappa shape index (κ2) is 3.17. The maximum absolute atomic E-state index is 4.68. The highest BCUT2D eigenvalue weighted by Crippen LogP contribution is 2.42. The zero-order valence-corrected chi connectivity index (χ0v) is 9.95. The Morgan fingerprint density at radius 1 is 1.33 bits per heavy atom. The molecule has 1 heterocycles. The third kappa shape index (κ3) is 1.25. The summed E-state index contributed by atoms with van der Waals surface area (Å²) in [6.07, 6.45) is 6.45. The molecule has 0 saturated carbocycles. The van der Waals surface area contributed by atoms with Gasteiger partial charge in [-0.1, -0.05) is 47.1 Å². The predicted molar refractivity (Wildman–Crippen MR) is 67.5 cm³/mol. The lowest BCUT2D eigenvalue weighted by Gasteiger charge is -2.13. The molecule has 1 aromatic carbocycles. The van der Waals surface area contributed by atoms with Gasteiger partial charge in [-0.15, -0.1) is 0 Å². The van der Waals surface area contributed by atoms with Gasteiger partial charge in [0.2, 0.25) is 0 Å². The molecule has 1 aromatic rings. The van der Waals surface area contributed by atoms with Gasteiger partial charge in [0.1, 0.15) is 0 Å². The summed E-state index contributed by atoms with van der Waals surface area (Å²) < 4.78 is 1.13. The van der Waals surface area contributed by atoms with Crippen molar-refractivity contribution in [2.45, 2.75) is 6.92 Å². The highest BCUT2D eigenvalue weighted by molar-refractivity contribution is 9.10. The molecule has 3 rings (SSSR count). The molecule has 1 atom stereocenters. The average Bonchev–Trinajstić information content (AvgIpc) is 2.59. The number of hydrogen-bond acceptors (Lipinski definition) is 1. The molecule has 0 amide bonds. The SMILES string of the molecule is CC1C=CC=C2C1=Nc1cccc(Br)c12. The van der Waals surface area contributed by atoms with Crippen molar-refractivity contribution in [1.82, 2.24) is 0 Å². The molecule has 2 aliphatic rings. The Kier molecular flexibility index (Phi) is 1.93. The summed E-state index contributed by atoms with van der Waals surface area (Å²) in [6.45, 7) is 2.18. The smallest absolute Gasteiger partial charge is 0.0723 e. The third-order valence-electron chi connectivity index (χ3n) is 2.87. The second-order valence-electron chi connectivity index (χ2n) is 3.88. The van der Waals surface area contributed by atoms with E-state index in [0.29, 0.717) is 5.92 Å². The minimum absolute atomic E-state index is 0.421. The standard InChI is InChI=1S/C13H10BrN/c1-8-4-2-5-9-12-10(14)6-3-7-11(12)15-13(8)9/h2-8H,1H3. The summed E-state index contributed by atoms with van der Waals surface area (Å²) >= 11 is 3.59. The molecular weight excluding hydrogens is 250 g/mol. The Morgan fingerprint density at radius 2 is 2.20 bits per heavy atom. The molecule has 0 fully saturated rings. The van der Waals surface area contributed by atoms with Crippen LogP contribution >= 0.6 is 15.9 Å².